The Bertz CT molecular complexity index is 708. The molecule has 10 heteroatoms. The Morgan fingerprint density at radius 3 is 2.58 bits per heavy atom. The lowest BCUT2D eigenvalue weighted by atomic mass is 10.2. The van der Waals surface area contributed by atoms with Crippen molar-refractivity contribution >= 4 is 52.4 Å². The minimum Gasteiger partial charge on any atom is -0.369 e. The quantitative estimate of drug-likeness (QED) is 0.677. The van der Waals surface area contributed by atoms with Gasteiger partial charge in [-0.3, -0.25) is 9.59 Å². The SMILES string of the molecule is CCC(Sc1nnc(SCC(N)=O)s1)C(=O)Nc1ccc(F)cc1. The van der Waals surface area contributed by atoms with Crippen LogP contribution in [0.4, 0.5) is 10.1 Å². The number of hydrogen-bond acceptors (Lipinski definition) is 7. The third-order valence-corrected chi connectivity index (χ3v) is 6.27. The maximum Gasteiger partial charge on any atom is 0.237 e. The lowest BCUT2D eigenvalue weighted by Gasteiger charge is -2.12. The van der Waals surface area contributed by atoms with Crippen molar-refractivity contribution in [3.63, 3.8) is 0 Å². The minimum absolute atomic E-state index is 0.140. The number of nitrogens with zero attached hydrogens (tertiary/aromatic N) is 2. The van der Waals surface area contributed by atoms with E-state index in [0.29, 0.717) is 20.8 Å². The van der Waals surface area contributed by atoms with Crippen molar-refractivity contribution in [2.45, 2.75) is 27.3 Å². The van der Waals surface area contributed by atoms with E-state index in [1.165, 1.54) is 59.1 Å². The number of thioether (sulfide) groups is 2. The lowest BCUT2D eigenvalue weighted by Crippen LogP contribution is -2.24. The van der Waals surface area contributed by atoms with E-state index >= 15 is 0 Å². The number of rotatable bonds is 8. The van der Waals surface area contributed by atoms with Crippen molar-refractivity contribution in [2.24, 2.45) is 5.73 Å². The third-order valence-electron chi connectivity index (χ3n) is 2.74. The van der Waals surface area contributed by atoms with Crippen LogP contribution >= 0.6 is 34.9 Å². The third kappa shape index (κ3) is 5.77. The van der Waals surface area contributed by atoms with Gasteiger partial charge in [0.05, 0.1) is 11.0 Å². The summed E-state index contributed by atoms with van der Waals surface area (Å²) in [5, 5.41) is 10.4. The molecule has 0 aliphatic rings. The van der Waals surface area contributed by atoms with E-state index in [1.54, 1.807) is 0 Å². The second-order valence-corrected chi connectivity index (χ2v) is 8.25. The monoisotopic (exact) mass is 386 g/mol. The van der Waals surface area contributed by atoms with E-state index in [9.17, 15) is 14.0 Å². The van der Waals surface area contributed by atoms with Gasteiger partial charge in [0, 0.05) is 5.69 Å². The Labute approximate surface area is 150 Å². The molecule has 1 heterocycles. The number of anilines is 1. The van der Waals surface area contributed by atoms with Crippen LogP contribution in [0.1, 0.15) is 13.3 Å². The summed E-state index contributed by atoms with van der Waals surface area (Å²) >= 11 is 3.83. The minimum atomic E-state index is -0.422. The van der Waals surface area contributed by atoms with E-state index in [0.717, 1.165) is 0 Å². The zero-order chi connectivity index (χ0) is 17.5. The molecular formula is C14H15FN4O2S3. The first-order valence-corrected chi connectivity index (χ1v) is 9.63. The highest BCUT2D eigenvalue weighted by Crippen LogP contribution is 2.32. The molecule has 128 valence electrons. The maximum atomic E-state index is 12.9. The molecule has 0 radical (unpaired) electrons. The zero-order valence-corrected chi connectivity index (χ0v) is 15.1. The molecular weight excluding hydrogens is 371 g/mol. The van der Waals surface area contributed by atoms with Crippen LogP contribution in [0.2, 0.25) is 0 Å². The molecule has 0 fully saturated rings. The van der Waals surface area contributed by atoms with Crippen LogP contribution in [0.25, 0.3) is 0 Å². The van der Waals surface area contributed by atoms with Gasteiger partial charge in [-0.05, 0) is 30.7 Å². The molecule has 0 saturated heterocycles. The Kier molecular flexibility index (Phi) is 7.00. The number of amides is 2. The molecule has 2 amide bonds. The van der Waals surface area contributed by atoms with Gasteiger partial charge in [0.15, 0.2) is 8.68 Å². The molecule has 24 heavy (non-hydrogen) atoms. The van der Waals surface area contributed by atoms with Crippen LogP contribution in [0.5, 0.6) is 0 Å². The summed E-state index contributed by atoms with van der Waals surface area (Å²) in [5.41, 5.74) is 5.62. The van der Waals surface area contributed by atoms with Crippen molar-refractivity contribution in [3.8, 4) is 0 Å². The van der Waals surface area contributed by atoms with E-state index in [2.05, 4.69) is 15.5 Å². The van der Waals surface area contributed by atoms with Crippen molar-refractivity contribution in [1.29, 1.82) is 0 Å². The molecule has 0 spiro atoms. The summed E-state index contributed by atoms with van der Waals surface area (Å²) in [5.74, 6) is -0.823. The Morgan fingerprint density at radius 2 is 1.96 bits per heavy atom. The largest absolute Gasteiger partial charge is 0.369 e. The number of halogens is 1. The van der Waals surface area contributed by atoms with Gasteiger partial charge < -0.3 is 11.1 Å². The highest BCUT2D eigenvalue weighted by molar-refractivity contribution is 8.04. The average Bonchev–Trinajstić information content (AvgIpc) is 3.00. The highest BCUT2D eigenvalue weighted by atomic mass is 32.2. The fourth-order valence-electron chi connectivity index (χ4n) is 1.64. The van der Waals surface area contributed by atoms with Gasteiger partial charge >= 0.3 is 0 Å². The van der Waals surface area contributed by atoms with Crippen LogP contribution in [-0.4, -0.2) is 33.0 Å². The van der Waals surface area contributed by atoms with E-state index in [1.807, 2.05) is 6.92 Å². The van der Waals surface area contributed by atoms with E-state index < -0.39 is 5.91 Å². The topological polar surface area (TPSA) is 98.0 Å². The fraction of sp³-hybridized carbons (Fsp3) is 0.286. The van der Waals surface area contributed by atoms with Gasteiger partial charge in [0.2, 0.25) is 11.8 Å². The van der Waals surface area contributed by atoms with Gasteiger partial charge in [-0.25, -0.2) is 4.39 Å². The summed E-state index contributed by atoms with van der Waals surface area (Å²) in [6.07, 6.45) is 0.598. The van der Waals surface area contributed by atoms with Crippen molar-refractivity contribution in [2.75, 3.05) is 11.1 Å². The summed E-state index contributed by atoms with van der Waals surface area (Å²) in [7, 11) is 0. The van der Waals surface area contributed by atoms with Crippen molar-refractivity contribution in [3.05, 3.63) is 30.1 Å². The summed E-state index contributed by atoms with van der Waals surface area (Å²) in [6.45, 7) is 1.89. The van der Waals surface area contributed by atoms with Crippen LogP contribution in [-0.2, 0) is 9.59 Å². The van der Waals surface area contributed by atoms with Crippen molar-refractivity contribution < 1.29 is 14.0 Å². The van der Waals surface area contributed by atoms with Crippen LogP contribution in [0, 0.1) is 5.82 Å². The number of benzene rings is 1. The van der Waals surface area contributed by atoms with Gasteiger partial charge in [-0.15, -0.1) is 10.2 Å². The molecule has 1 aromatic carbocycles. The lowest BCUT2D eigenvalue weighted by molar-refractivity contribution is -0.116. The van der Waals surface area contributed by atoms with Crippen LogP contribution in [0.3, 0.4) is 0 Å². The predicted molar refractivity (Wildman–Crippen MR) is 94.8 cm³/mol. The zero-order valence-electron chi connectivity index (χ0n) is 12.7. The number of primary amides is 1. The highest BCUT2D eigenvalue weighted by Gasteiger charge is 2.20. The maximum absolute atomic E-state index is 12.9. The van der Waals surface area contributed by atoms with Gasteiger partial charge in [-0.2, -0.15) is 0 Å². The van der Waals surface area contributed by atoms with E-state index in [4.69, 9.17) is 5.73 Å². The van der Waals surface area contributed by atoms with Gasteiger partial charge in [0.1, 0.15) is 5.82 Å². The molecule has 0 saturated carbocycles. The molecule has 1 unspecified atom stereocenters. The number of aromatic nitrogens is 2. The Hall–Kier alpha value is -1.65. The average molecular weight is 386 g/mol. The summed E-state index contributed by atoms with van der Waals surface area (Å²) in [4.78, 5) is 23.1. The number of hydrogen-bond donors (Lipinski definition) is 2. The summed E-state index contributed by atoms with van der Waals surface area (Å²) < 4.78 is 14.2. The standard InChI is InChI=1S/C14H15FN4O2S3/c1-2-10(12(21)17-9-5-3-8(15)4-6-9)23-14-19-18-13(24-14)22-7-11(16)20/h3-6,10H,2,7H2,1H3,(H2,16,20)(H,17,21). The second-order valence-electron chi connectivity index (χ2n) is 4.60. The molecule has 1 aromatic heterocycles. The summed E-state index contributed by atoms with van der Waals surface area (Å²) in [6, 6.07) is 5.59. The normalized spacial score (nSPS) is 11.9. The predicted octanol–water partition coefficient (Wildman–Crippen LogP) is 2.76. The first-order chi connectivity index (χ1) is 11.5. The number of nitrogens with two attached hydrogens (primary N) is 1. The molecule has 0 aliphatic heterocycles. The van der Waals surface area contributed by atoms with Crippen LogP contribution < -0.4 is 11.1 Å². The molecule has 1 atom stereocenters. The fourth-order valence-corrected chi connectivity index (χ4v) is 4.56. The molecule has 2 rings (SSSR count). The van der Waals surface area contributed by atoms with E-state index in [-0.39, 0.29) is 22.7 Å². The number of carbonyl (C=O) groups excluding carboxylic acids is 2. The molecule has 6 nitrogen and oxygen atoms in total. The number of carbonyl (C=O) groups is 2. The first kappa shape index (κ1) is 18.7. The van der Waals surface area contributed by atoms with Gasteiger partial charge in [0.25, 0.3) is 0 Å². The van der Waals surface area contributed by atoms with Gasteiger partial charge in [-0.1, -0.05) is 41.8 Å². The first-order valence-electron chi connectivity index (χ1n) is 6.95. The van der Waals surface area contributed by atoms with Crippen LogP contribution in [0.15, 0.2) is 32.9 Å². The van der Waals surface area contributed by atoms with Crippen molar-refractivity contribution in [1.82, 2.24) is 10.2 Å². The Balaban J connectivity index is 1.94. The molecule has 0 aliphatic carbocycles. The molecule has 2 aromatic rings. The molecule has 0 bridgehead atoms. The molecule has 3 N–H and O–H groups in total. The number of nitrogens with one attached hydrogen (secondary N) is 1. The smallest absolute Gasteiger partial charge is 0.237 e. The Morgan fingerprint density at radius 1 is 1.29 bits per heavy atom. The second kappa shape index (κ2) is 9.00.